The van der Waals surface area contributed by atoms with Gasteiger partial charge in [-0.25, -0.2) is 9.36 Å². The lowest BCUT2D eigenvalue weighted by Crippen LogP contribution is -2.33. The molecule has 0 aliphatic carbocycles. The molecule has 0 radical (unpaired) electrons. The number of aryl methyl sites for hydroxylation is 1. The van der Waals surface area contributed by atoms with Gasteiger partial charge in [0, 0.05) is 17.5 Å². The molecule has 0 bridgehead atoms. The van der Waals surface area contributed by atoms with Crippen molar-refractivity contribution in [2.45, 2.75) is 20.8 Å². The lowest BCUT2D eigenvalue weighted by atomic mass is 10.4. The van der Waals surface area contributed by atoms with E-state index in [0.717, 1.165) is 4.57 Å². The quantitative estimate of drug-likeness (QED) is 0.692. The first-order chi connectivity index (χ1) is 6.06. The van der Waals surface area contributed by atoms with Crippen molar-refractivity contribution in [3.8, 4) is 0 Å². The van der Waals surface area contributed by atoms with Gasteiger partial charge in [0.25, 0.3) is 5.56 Å². The largest absolute Gasteiger partial charge is 0.332 e. The Labute approximate surface area is 75.5 Å². The van der Waals surface area contributed by atoms with E-state index in [2.05, 4.69) is 4.98 Å². The molecule has 0 saturated heterocycles. The highest BCUT2D eigenvalue weighted by Gasteiger charge is 2.02. The number of hydrogen-bond acceptors (Lipinski definition) is 2. The van der Waals surface area contributed by atoms with Gasteiger partial charge >= 0.3 is 5.69 Å². The van der Waals surface area contributed by atoms with Crippen molar-refractivity contribution >= 4 is 5.70 Å². The van der Waals surface area contributed by atoms with E-state index in [1.54, 1.807) is 26.8 Å². The van der Waals surface area contributed by atoms with Crippen LogP contribution in [-0.2, 0) is 0 Å². The SMILES string of the molecule is C/C=C(\C)n1c(=O)cc(C)[nH]c1=O. The van der Waals surface area contributed by atoms with Gasteiger partial charge in [0.1, 0.15) is 0 Å². The zero-order chi connectivity index (χ0) is 10.0. The Morgan fingerprint density at radius 2 is 2.15 bits per heavy atom. The number of nitrogens with zero attached hydrogens (tertiary/aromatic N) is 1. The number of allylic oxidation sites excluding steroid dienone is 2. The maximum atomic E-state index is 11.4. The van der Waals surface area contributed by atoms with Gasteiger partial charge in [-0.3, -0.25) is 4.79 Å². The van der Waals surface area contributed by atoms with Gasteiger partial charge in [0.15, 0.2) is 0 Å². The summed E-state index contributed by atoms with van der Waals surface area (Å²) in [6.07, 6.45) is 1.71. The molecule has 13 heavy (non-hydrogen) atoms. The minimum atomic E-state index is -0.388. The summed E-state index contributed by atoms with van der Waals surface area (Å²) in [6.45, 7) is 5.17. The predicted octanol–water partition coefficient (Wildman–Crippen LogP) is 0.726. The fourth-order valence-corrected chi connectivity index (χ4v) is 1.07. The van der Waals surface area contributed by atoms with E-state index in [4.69, 9.17) is 0 Å². The zero-order valence-corrected chi connectivity index (χ0v) is 7.92. The van der Waals surface area contributed by atoms with Gasteiger partial charge in [-0.05, 0) is 20.8 Å². The van der Waals surface area contributed by atoms with E-state index >= 15 is 0 Å². The molecule has 0 aliphatic rings. The summed E-state index contributed by atoms with van der Waals surface area (Å²) in [4.78, 5) is 25.3. The molecule has 0 fully saturated rings. The third-order valence-electron chi connectivity index (χ3n) is 1.84. The van der Waals surface area contributed by atoms with Gasteiger partial charge in [-0.1, -0.05) is 6.08 Å². The van der Waals surface area contributed by atoms with E-state index < -0.39 is 0 Å². The fourth-order valence-electron chi connectivity index (χ4n) is 1.07. The molecule has 4 heteroatoms. The minimum Gasteiger partial charge on any atom is -0.311 e. The Bertz CT molecular complexity index is 420. The summed E-state index contributed by atoms with van der Waals surface area (Å²) in [6, 6.07) is 1.40. The van der Waals surface area contributed by atoms with Crippen LogP contribution in [0.2, 0.25) is 0 Å². The summed E-state index contributed by atoms with van der Waals surface area (Å²) in [5, 5.41) is 0. The van der Waals surface area contributed by atoms with Crippen LogP contribution in [0.3, 0.4) is 0 Å². The fraction of sp³-hybridized carbons (Fsp3) is 0.333. The van der Waals surface area contributed by atoms with Gasteiger partial charge in [0.2, 0.25) is 0 Å². The van der Waals surface area contributed by atoms with Gasteiger partial charge in [-0.2, -0.15) is 0 Å². The second-order valence-electron chi connectivity index (χ2n) is 2.86. The summed E-state index contributed by atoms with van der Waals surface area (Å²) in [5.41, 5.74) is 0.527. The highest BCUT2D eigenvalue weighted by molar-refractivity contribution is 5.40. The third-order valence-corrected chi connectivity index (χ3v) is 1.84. The summed E-state index contributed by atoms with van der Waals surface area (Å²) in [7, 11) is 0. The Kier molecular flexibility index (Phi) is 2.51. The molecule has 0 unspecified atom stereocenters. The first-order valence-corrected chi connectivity index (χ1v) is 4.02. The first kappa shape index (κ1) is 9.51. The maximum absolute atomic E-state index is 11.4. The molecule has 0 aromatic carbocycles. The van der Waals surface area contributed by atoms with Crippen LogP contribution in [0, 0.1) is 6.92 Å². The van der Waals surface area contributed by atoms with Gasteiger partial charge in [0.05, 0.1) is 0 Å². The lowest BCUT2D eigenvalue weighted by molar-refractivity contribution is 0.868. The van der Waals surface area contributed by atoms with Crippen molar-refractivity contribution in [3.05, 3.63) is 38.7 Å². The molecule has 4 nitrogen and oxygen atoms in total. The highest BCUT2D eigenvalue weighted by atomic mass is 16.2. The number of H-pyrrole nitrogens is 1. The average molecular weight is 180 g/mol. The van der Waals surface area contributed by atoms with Crippen molar-refractivity contribution in [1.82, 2.24) is 9.55 Å². The van der Waals surface area contributed by atoms with E-state index in [9.17, 15) is 9.59 Å². The standard InChI is InChI=1S/C9H12N2O2/c1-4-7(3)11-8(12)5-6(2)10-9(11)13/h4-5H,1-3H3,(H,10,13)/b7-4+. The molecule has 0 aliphatic heterocycles. The summed E-state index contributed by atoms with van der Waals surface area (Å²) < 4.78 is 1.10. The normalized spacial score (nSPS) is 11.8. The molecule has 1 aromatic rings. The lowest BCUT2D eigenvalue weighted by Gasteiger charge is -2.03. The molecule has 0 saturated carbocycles. The van der Waals surface area contributed by atoms with Crippen LogP contribution in [-0.4, -0.2) is 9.55 Å². The molecule has 0 spiro atoms. The van der Waals surface area contributed by atoms with Gasteiger partial charge in [-0.15, -0.1) is 0 Å². The molecule has 1 N–H and O–H groups in total. The smallest absolute Gasteiger partial charge is 0.311 e. The highest BCUT2D eigenvalue weighted by Crippen LogP contribution is 1.93. The van der Waals surface area contributed by atoms with Crippen LogP contribution >= 0.6 is 0 Å². The van der Waals surface area contributed by atoms with E-state index in [1.807, 2.05) is 0 Å². The Hall–Kier alpha value is -1.58. The van der Waals surface area contributed by atoms with Crippen molar-refractivity contribution < 1.29 is 0 Å². The molecule has 70 valence electrons. The summed E-state index contributed by atoms with van der Waals surface area (Å²) in [5.74, 6) is 0. The van der Waals surface area contributed by atoms with Crippen molar-refractivity contribution in [1.29, 1.82) is 0 Å². The Morgan fingerprint density at radius 1 is 1.54 bits per heavy atom. The molecular formula is C9H12N2O2. The van der Waals surface area contributed by atoms with Crippen molar-refractivity contribution in [3.63, 3.8) is 0 Å². The molecule has 0 amide bonds. The predicted molar refractivity (Wildman–Crippen MR) is 51.7 cm³/mol. The van der Waals surface area contributed by atoms with Crippen LogP contribution in [0.15, 0.2) is 21.7 Å². The van der Waals surface area contributed by atoms with Gasteiger partial charge < -0.3 is 4.98 Å². The first-order valence-electron chi connectivity index (χ1n) is 4.02. The van der Waals surface area contributed by atoms with Crippen LogP contribution in [0.5, 0.6) is 0 Å². The van der Waals surface area contributed by atoms with Crippen LogP contribution < -0.4 is 11.2 Å². The van der Waals surface area contributed by atoms with E-state index in [1.165, 1.54) is 6.07 Å². The van der Waals surface area contributed by atoms with Crippen LogP contribution in [0.1, 0.15) is 19.5 Å². The van der Waals surface area contributed by atoms with Crippen LogP contribution in [0.25, 0.3) is 5.70 Å². The topological polar surface area (TPSA) is 54.9 Å². The molecule has 1 aromatic heterocycles. The molecule has 1 heterocycles. The van der Waals surface area contributed by atoms with Crippen LogP contribution in [0.4, 0.5) is 0 Å². The van der Waals surface area contributed by atoms with E-state index in [-0.39, 0.29) is 11.2 Å². The monoisotopic (exact) mass is 180 g/mol. The summed E-state index contributed by atoms with van der Waals surface area (Å²) >= 11 is 0. The minimum absolute atomic E-state index is 0.295. The average Bonchev–Trinajstić information content (AvgIpc) is 2.02. The number of rotatable bonds is 1. The third kappa shape index (κ3) is 1.77. The second-order valence-corrected chi connectivity index (χ2v) is 2.86. The van der Waals surface area contributed by atoms with Crippen molar-refractivity contribution in [2.75, 3.05) is 0 Å². The number of hydrogen-bond donors (Lipinski definition) is 1. The molecule has 1 rings (SSSR count). The van der Waals surface area contributed by atoms with Crippen molar-refractivity contribution in [2.24, 2.45) is 0 Å². The second kappa shape index (κ2) is 3.43. The number of aromatic amines is 1. The number of aromatic nitrogens is 2. The van der Waals surface area contributed by atoms with E-state index in [0.29, 0.717) is 11.4 Å². The molecular weight excluding hydrogens is 168 g/mol. The maximum Gasteiger partial charge on any atom is 0.332 e. The molecule has 0 atom stereocenters. The zero-order valence-electron chi connectivity index (χ0n) is 7.92. The Balaban J connectivity index is 3.57. The Morgan fingerprint density at radius 3 is 2.62 bits per heavy atom. The number of nitrogens with one attached hydrogen (secondary N) is 1.